The number of likely N-dealkylation sites (tertiary alicyclic amines) is 1. The van der Waals surface area contributed by atoms with Gasteiger partial charge in [-0.05, 0) is 50.3 Å². The van der Waals surface area contributed by atoms with Gasteiger partial charge in [-0.2, -0.15) is 0 Å². The molecule has 3 aromatic rings. The summed E-state index contributed by atoms with van der Waals surface area (Å²) < 4.78 is 21.5. The number of β-lactam (4-membered cyclic amide) rings is 1. The lowest BCUT2D eigenvalue weighted by Gasteiger charge is -2.45. The number of esters is 1. The summed E-state index contributed by atoms with van der Waals surface area (Å²) >= 11 is 0. The van der Waals surface area contributed by atoms with Crippen molar-refractivity contribution in [3.8, 4) is 0 Å². The molecule has 0 aromatic heterocycles. The Labute approximate surface area is 332 Å². The first-order valence-corrected chi connectivity index (χ1v) is 18.4. The molecule has 57 heavy (non-hydrogen) atoms. The van der Waals surface area contributed by atoms with E-state index in [1.807, 2.05) is 18.2 Å². The monoisotopic (exact) mass is 786 g/mol. The quantitative estimate of drug-likeness (QED) is 0.0531. The lowest BCUT2D eigenvalue weighted by molar-refractivity contribution is -0.171. The average Bonchev–Trinajstić information content (AvgIpc) is 3.19. The number of nitrogens with one attached hydrogen (secondary N) is 2. The molecule has 1 aliphatic rings. The van der Waals surface area contributed by atoms with Crippen LogP contribution in [0, 0.1) is 5.92 Å². The lowest BCUT2D eigenvalue weighted by Crippen LogP contribution is -2.68. The zero-order valence-electron chi connectivity index (χ0n) is 32.8. The number of alkyl carbamates (subject to hydrolysis) is 2. The second kappa shape index (κ2) is 21.0. The summed E-state index contributed by atoms with van der Waals surface area (Å²) in [4.78, 5) is 86.0. The minimum atomic E-state index is -1.22. The van der Waals surface area contributed by atoms with Crippen LogP contribution < -0.4 is 10.6 Å². The van der Waals surface area contributed by atoms with Crippen molar-refractivity contribution in [3.63, 3.8) is 0 Å². The topological polar surface area (TPSA) is 185 Å². The van der Waals surface area contributed by atoms with Crippen LogP contribution >= 0.6 is 0 Å². The first-order valence-electron chi connectivity index (χ1n) is 18.4. The summed E-state index contributed by atoms with van der Waals surface area (Å²) in [7, 11) is 2.99. The van der Waals surface area contributed by atoms with Gasteiger partial charge < -0.3 is 28.7 Å². The molecule has 1 aliphatic heterocycles. The summed E-state index contributed by atoms with van der Waals surface area (Å²) in [5, 5.41) is 4.84. The molecule has 2 N–H and O–H groups in total. The van der Waals surface area contributed by atoms with Crippen molar-refractivity contribution in [2.24, 2.45) is 10.9 Å². The van der Waals surface area contributed by atoms with E-state index < -0.39 is 53.7 Å². The van der Waals surface area contributed by atoms with Crippen LogP contribution in [0.25, 0.3) is 0 Å². The number of likely N-dealkylation sites (N-methyl/N-ethyl adjacent to an activating group) is 2. The van der Waals surface area contributed by atoms with Crippen molar-refractivity contribution >= 4 is 42.1 Å². The van der Waals surface area contributed by atoms with Gasteiger partial charge in [0.1, 0.15) is 25.4 Å². The molecule has 0 spiro atoms. The zero-order valence-corrected chi connectivity index (χ0v) is 32.8. The number of imide groups is 1. The highest BCUT2D eigenvalue weighted by Crippen LogP contribution is 2.33. The summed E-state index contributed by atoms with van der Waals surface area (Å²) in [5.74, 6) is -2.50. The van der Waals surface area contributed by atoms with Crippen LogP contribution in [-0.4, -0.2) is 102 Å². The number of aliphatic imine (C=N–C) groups is 1. The third kappa shape index (κ3) is 14.0. The third-order valence-corrected chi connectivity index (χ3v) is 8.50. The SMILES string of the molecule is CN(CCN(C)C(=O)N1C(=O)[C@H](CCCN=C(NC(=O)OCc2ccccc2)NC(=O)OCc2ccccc2)C1C(=O)OCc1ccccc1)C(=O)OC(C)(C)C. The molecule has 6 amide bonds. The minimum absolute atomic E-state index is 0.00627. The molecule has 3 aromatic carbocycles. The summed E-state index contributed by atoms with van der Waals surface area (Å²) in [6.07, 6.45) is -2.01. The second-order valence-electron chi connectivity index (χ2n) is 14.2. The van der Waals surface area contributed by atoms with Crippen LogP contribution in [0.1, 0.15) is 50.3 Å². The van der Waals surface area contributed by atoms with Gasteiger partial charge >= 0.3 is 30.3 Å². The van der Waals surface area contributed by atoms with Crippen LogP contribution in [0.3, 0.4) is 0 Å². The highest BCUT2D eigenvalue weighted by Gasteiger charge is 2.55. The summed E-state index contributed by atoms with van der Waals surface area (Å²) in [6.45, 7) is 5.24. The van der Waals surface area contributed by atoms with E-state index in [4.69, 9.17) is 18.9 Å². The maximum absolute atomic E-state index is 13.6. The number of guanidine groups is 1. The van der Waals surface area contributed by atoms with Gasteiger partial charge in [0.2, 0.25) is 11.9 Å². The van der Waals surface area contributed by atoms with Crippen LogP contribution in [-0.2, 0) is 48.4 Å². The van der Waals surface area contributed by atoms with Gasteiger partial charge in [0, 0.05) is 33.7 Å². The van der Waals surface area contributed by atoms with E-state index in [-0.39, 0.29) is 58.3 Å². The predicted molar refractivity (Wildman–Crippen MR) is 208 cm³/mol. The summed E-state index contributed by atoms with van der Waals surface area (Å²) in [5.41, 5.74) is 1.51. The van der Waals surface area contributed by atoms with Gasteiger partial charge in [-0.25, -0.2) is 28.9 Å². The Hall–Kier alpha value is -6.45. The molecule has 0 radical (unpaired) electrons. The number of amides is 6. The van der Waals surface area contributed by atoms with E-state index in [2.05, 4.69) is 15.6 Å². The van der Waals surface area contributed by atoms with Gasteiger partial charge in [0.05, 0.1) is 5.92 Å². The molecule has 1 fully saturated rings. The number of nitrogens with zero attached hydrogens (tertiary/aromatic N) is 4. The highest BCUT2D eigenvalue weighted by atomic mass is 16.6. The standard InChI is InChI=1S/C41H50N6O10/c1-41(2,3)57-40(53)46(5)25-24-45(4)39(52)47-33(35(49)54-26-29-16-9-6-10-17-29)32(34(47)48)22-15-23-42-36(43-37(50)55-27-30-18-11-7-12-19-30)44-38(51)56-28-31-20-13-8-14-21-31/h6-14,16-21,32-33H,15,22-28H2,1-5H3,(H2,42,43,44,50,51)/t32-,33?/m1/s1. The highest BCUT2D eigenvalue weighted by molar-refractivity contribution is 6.07. The fourth-order valence-electron chi connectivity index (χ4n) is 5.46. The molecule has 1 heterocycles. The van der Waals surface area contributed by atoms with Gasteiger partial charge in [-0.1, -0.05) is 91.0 Å². The van der Waals surface area contributed by atoms with Crippen molar-refractivity contribution in [2.45, 2.75) is 65.1 Å². The molecular weight excluding hydrogens is 736 g/mol. The molecule has 1 unspecified atom stereocenters. The van der Waals surface area contributed by atoms with E-state index in [1.165, 1.54) is 23.9 Å². The Balaban J connectivity index is 1.40. The molecule has 4 rings (SSSR count). The van der Waals surface area contributed by atoms with Crippen LogP contribution in [0.2, 0.25) is 0 Å². The molecule has 16 heteroatoms. The number of urea groups is 1. The number of hydrogen-bond donors (Lipinski definition) is 2. The number of hydrogen-bond acceptors (Lipinski definition) is 11. The third-order valence-electron chi connectivity index (χ3n) is 8.50. The van der Waals surface area contributed by atoms with Crippen molar-refractivity contribution in [3.05, 3.63) is 108 Å². The van der Waals surface area contributed by atoms with Gasteiger partial charge in [-0.3, -0.25) is 20.4 Å². The van der Waals surface area contributed by atoms with E-state index in [9.17, 15) is 28.8 Å². The minimum Gasteiger partial charge on any atom is -0.459 e. The fraction of sp³-hybridized carbons (Fsp3) is 0.390. The Bertz CT molecular complexity index is 1790. The molecule has 2 atom stereocenters. The first-order chi connectivity index (χ1) is 27.2. The molecule has 0 saturated carbocycles. The van der Waals surface area contributed by atoms with Gasteiger partial charge in [0.15, 0.2) is 6.04 Å². The average molecular weight is 787 g/mol. The zero-order chi connectivity index (χ0) is 41.4. The number of ether oxygens (including phenoxy) is 4. The molecule has 0 bridgehead atoms. The van der Waals surface area contributed by atoms with Gasteiger partial charge in [-0.15, -0.1) is 0 Å². The Kier molecular flexibility index (Phi) is 16.0. The largest absolute Gasteiger partial charge is 0.459 e. The van der Waals surface area contributed by atoms with Gasteiger partial charge in [0.25, 0.3) is 0 Å². The van der Waals surface area contributed by atoms with Crippen molar-refractivity contribution in [1.82, 2.24) is 25.3 Å². The predicted octanol–water partition coefficient (Wildman–Crippen LogP) is 5.46. The van der Waals surface area contributed by atoms with Crippen LogP contribution in [0.4, 0.5) is 19.2 Å². The van der Waals surface area contributed by atoms with Crippen molar-refractivity contribution in [2.75, 3.05) is 33.7 Å². The van der Waals surface area contributed by atoms with Crippen LogP contribution in [0.5, 0.6) is 0 Å². The molecule has 0 aliphatic carbocycles. The smallest absolute Gasteiger partial charge is 0.414 e. The van der Waals surface area contributed by atoms with Crippen LogP contribution in [0.15, 0.2) is 96.0 Å². The van der Waals surface area contributed by atoms with E-state index in [1.54, 1.807) is 93.6 Å². The van der Waals surface area contributed by atoms with Crippen molar-refractivity contribution in [1.29, 1.82) is 0 Å². The number of rotatable bonds is 14. The fourth-order valence-corrected chi connectivity index (χ4v) is 5.46. The molecule has 1 saturated heterocycles. The number of carbonyl (C=O) groups is 6. The maximum atomic E-state index is 13.6. The lowest BCUT2D eigenvalue weighted by atomic mass is 9.83. The Morgan fingerprint density at radius 2 is 1.16 bits per heavy atom. The molecule has 304 valence electrons. The van der Waals surface area contributed by atoms with E-state index in [0.717, 1.165) is 21.6 Å². The second-order valence-corrected chi connectivity index (χ2v) is 14.2. The maximum Gasteiger partial charge on any atom is 0.414 e. The summed E-state index contributed by atoms with van der Waals surface area (Å²) in [6, 6.07) is 25.0. The van der Waals surface area contributed by atoms with E-state index in [0.29, 0.717) is 0 Å². The Morgan fingerprint density at radius 3 is 1.63 bits per heavy atom. The molecular formula is C41H50N6O10. The first kappa shape index (κ1) is 43.3. The number of benzene rings is 3. The van der Waals surface area contributed by atoms with E-state index >= 15 is 0 Å². The molecule has 16 nitrogen and oxygen atoms in total. The van der Waals surface area contributed by atoms with Crippen molar-refractivity contribution < 1.29 is 47.7 Å². The normalized spacial score (nSPS) is 14.6. The Morgan fingerprint density at radius 1 is 0.702 bits per heavy atom. The number of carbonyl (C=O) groups excluding carboxylic acids is 6.